The Kier molecular flexibility index (Phi) is 7.03. The van der Waals surface area contributed by atoms with Gasteiger partial charge in [0.15, 0.2) is 13.2 Å². The van der Waals surface area contributed by atoms with Crippen molar-refractivity contribution in [3.63, 3.8) is 0 Å². The zero-order valence-corrected chi connectivity index (χ0v) is 12.1. The molecule has 8 heteroatoms. The number of nitrogens with one attached hydrogen (secondary N) is 2. The largest absolute Gasteiger partial charge is 0.480 e. The highest BCUT2D eigenvalue weighted by Gasteiger charge is 2.10. The zero-order valence-electron chi connectivity index (χ0n) is 11.3. The van der Waals surface area contributed by atoms with Crippen LogP contribution in [0.1, 0.15) is 0 Å². The van der Waals surface area contributed by atoms with Crippen LogP contribution in [0, 0.1) is 0 Å². The van der Waals surface area contributed by atoms with Crippen molar-refractivity contribution in [2.45, 2.75) is 0 Å². The lowest BCUT2D eigenvalue weighted by molar-refractivity contribution is -0.150. The van der Waals surface area contributed by atoms with Crippen molar-refractivity contribution in [2.24, 2.45) is 0 Å². The summed E-state index contributed by atoms with van der Waals surface area (Å²) in [6.07, 6.45) is 0. The second-order valence-electron chi connectivity index (χ2n) is 3.83. The molecule has 0 aliphatic rings. The van der Waals surface area contributed by atoms with Gasteiger partial charge in [-0.2, -0.15) is 0 Å². The quantitative estimate of drug-likeness (QED) is 0.697. The summed E-state index contributed by atoms with van der Waals surface area (Å²) in [6, 6.07) is 6.66. The fourth-order valence-corrected chi connectivity index (χ4v) is 1.39. The van der Waals surface area contributed by atoms with E-state index >= 15 is 0 Å². The Labute approximate surface area is 126 Å². The molecule has 1 aromatic carbocycles. The van der Waals surface area contributed by atoms with Gasteiger partial charge in [-0.3, -0.25) is 9.59 Å². The zero-order chi connectivity index (χ0) is 15.7. The number of benzene rings is 1. The van der Waals surface area contributed by atoms with Crippen LogP contribution in [0.2, 0.25) is 5.02 Å². The third kappa shape index (κ3) is 6.62. The van der Waals surface area contributed by atoms with Gasteiger partial charge < -0.3 is 20.1 Å². The Morgan fingerprint density at radius 3 is 2.52 bits per heavy atom. The summed E-state index contributed by atoms with van der Waals surface area (Å²) in [5.74, 6) is -1.30. The van der Waals surface area contributed by atoms with E-state index in [-0.39, 0.29) is 19.1 Å². The maximum atomic E-state index is 11.4. The second kappa shape index (κ2) is 8.80. The molecule has 0 fully saturated rings. The second-order valence-corrected chi connectivity index (χ2v) is 4.24. The fraction of sp³-hybridized carbons (Fsp3) is 0.308. The number of ether oxygens (including phenoxy) is 2. The van der Waals surface area contributed by atoms with Crippen LogP contribution in [0.15, 0.2) is 24.3 Å². The first-order valence-electron chi connectivity index (χ1n) is 6.03. The van der Waals surface area contributed by atoms with E-state index in [2.05, 4.69) is 15.4 Å². The van der Waals surface area contributed by atoms with Crippen LogP contribution in [0.25, 0.3) is 0 Å². The number of likely N-dealkylation sites (N-methyl/N-ethyl adjacent to an activating group) is 1. The number of amides is 2. The topological polar surface area (TPSA) is 93.7 Å². The van der Waals surface area contributed by atoms with Gasteiger partial charge in [-0.05, 0) is 12.1 Å². The van der Waals surface area contributed by atoms with E-state index in [1.54, 1.807) is 24.3 Å². The molecule has 0 aliphatic heterocycles. The number of esters is 1. The van der Waals surface area contributed by atoms with Crippen LogP contribution < -0.4 is 15.4 Å². The van der Waals surface area contributed by atoms with Gasteiger partial charge in [0.2, 0.25) is 5.91 Å². The summed E-state index contributed by atoms with van der Waals surface area (Å²) in [6.45, 7) is -1.03. The molecule has 0 saturated heterocycles. The Balaban J connectivity index is 2.24. The molecule has 0 saturated carbocycles. The molecule has 7 nitrogen and oxygen atoms in total. The molecule has 0 aromatic heterocycles. The molecule has 0 atom stereocenters. The summed E-state index contributed by atoms with van der Waals surface area (Å²) in [7, 11) is 1.45. The molecule has 1 aromatic rings. The first-order valence-corrected chi connectivity index (χ1v) is 6.41. The number of hydrogen-bond donors (Lipinski definition) is 2. The molecule has 0 unspecified atom stereocenters. The molecule has 2 N–H and O–H groups in total. The lowest BCUT2D eigenvalue weighted by Crippen LogP contribution is -2.37. The maximum absolute atomic E-state index is 11.4. The number of carbonyl (C=O) groups is 3. The van der Waals surface area contributed by atoms with E-state index < -0.39 is 18.5 Å². The van der Waals surface area contributed by atoms with Crippen molar-refractivity contribution in [3.05, 3.63) is 29.3 Å². The number of halogens is 1. The predicted molar refractivity (Wildman–Crippen MR) is 75.0 cm³/mol. The Hall–Kier alpha value is -2.28. The van der Waals surface area contributed by atoms with Crippen LogP contribution in [0.4, 0.5) is 0 Å². The van der Waals surface area contributed by atoms with Gasteiger partial charge in [0.1, 0.15) is 5.75 Å². The van der Waals surface area contributed by atoms with E-state index in [9.17, 15) is 14.4 Å². The highest BCUT2D eigenvalue weighted by Crippen LogP contribution is 2.22. The summed E-state index contributed by atoms with van der Waals surface area (Å²) in [5.41, 5.74) is 0. The highest BCUT2D eigenvalue weighted by molar-refractivity contribution is 6.32. The Bertz CT molecular complexity index is 521. The summed E-state index contributed by atoms with van der Waals surface area (Å²) in [4.78, 5) is 33.5. The van der Waals surface area contributed by atoms with E-state index in [0.717, 1.165) is 0 Å². The van der Waals surface area contributed by atoms with E-state index in [4.69, 9.17) is 16.3 Å². The molecule has 0 radical (unpaired) electrons. The van der Waals surface area contributed by atoms with Gasteiger partial charge in [-0.1, -0.05) is 23.7 Å². The van der Waals surface area contributed by atoms with Crippen LogP contribution >= 0.6 is 11.6 Å². The van der Waals surface area contributed by atoms with Crippen LogP contribution in [0.3, 0.4) is 0 Å². The van der Waals surface area contributed by atoms with Crippen molar-refractivity contribution < 1.29 is 23.9 Å². The maximum Gasteiger partial charge on any atom is 0.344 e. The molecule has 21 heavy (non-hydrogen) atoms. The predicted octanol–water partition coefficient (Wildman–Crippen LogP) is 0.124. The van der Waals surface area contributed by atoms with Gasteiger partial charge in [0.05, 0.1) is 11.6 Å². The molecule has 0 bridgehead atoms. The molecule has 2 amide bonds. The average Bonchev–Trinajstić information content (AvgIpc) is 2.49. The molecular formula is C13H15ClN2O5. The SMILES string of the molecule is CNC(=O)CNC(=O)COC(=O)COc1ccccc1Cl. The van der Waals surface area contributed by atoms with Gasteiger partial charge in [-0.15, -0.1) is 0 Å². The van der Waals surface area contributed by atoms with Gasteiger partial charge in [-0.25, -0.2) is 4.79 Å². The first kappa shape index (κ1) is 16.8. The van der Waals surface area contributed by atoms with Gasteiger partial charge in [0, 0.05) is 7.05 Å². The minimum Gasteiger partial charge on any atom is -0.480 e. The van der Waals surface area contributed by atoms with Crippen LogP contribution in [-0.2, 0) is 19.1 Å². The van der Waals surface area contributed by atoms with Crippen molar-refractivity contribution >= 4 is 29.4 Å². The van der Waals surface area contributed by atoms with Crippen molar-refractivity contribution in [2.75, 3.05) is 26.8 Å². The molecule has 0 aliphatic carbocycles. The number of carbonyl (C=O) groups excluding carboxylic acids is 3. The lowest BCUT2D eigenvalue weighted by Gasteiger charge is -2.08. The summed E-state index contributed by atoms with van der Waals surface area (Å²) in [5, 5.41) is 4.99. The van der Waals surface area contributed by atoms with E-state index in [0.29, 0.717) is 10.8 Å². The number of hydrogen-bond acceptors (Lipinski definition) is 5. The normalized spacial score (nSPS) is 9.62. The highest BCUT2D eigenvalue weighted by atomic mass is 35.5. The monoisotopic (exact) mass is 314 g/mol. The first-order chi connectivity index (χ1) is 10.0. The standard InChI is InChI=1S/C13H15ClN2O5/c1-15-11(17)6-16-12(18)7-21-13(19)8-20-10-5-3-2-4-9(10)14/h2-5H,6-8H2,1H3,(H,15,17)(H,16,18). The average molecular weight is 315 g/mol. The molecular weight excluding hydrogens is 300 g/mol. The number of rotatable bonds is 7. The summed E-state index contributed by atoms with van der Waals surface area (Å²) >= 11 is 5.84. The van der Waals surface area contributed by atoms with Crippen molar-refractivity contribution in [3.8, 4) is 5.75 Å². The molecule has 0 heterocycles. The molecule has 114 valence electrons. The van der Waals surface area contributed by atoms with E-state index in [1.165, 1.54) is 7.05 Å². The van der Waals surface area contributed by atoms with E-state index in [1.807, 2.05) is 0 Å². The molecule has 1 rings (SSSR count). The van der Waals surface area contributed by atoms with Crippen molar-refractivity contribution in [1.29, 1.82) is 0 Å². The Morgan fingerprint density at radius 2 is 1.86 bits per heavy atom. The Morgan fingerprint density at radius 1 is 1.14 bits per heavy atom. The minimum absolute atomic E-state index is 0.178. The smallest absolute Gasteiger partial charge is 0.344 e. The minimum atomic E-state index is -0.718. The van der Waals surface area contributed by atoms with Crippen LogP contribution in [0.5, 0.6) is 5.75 Å². The fourth-order valence-electron chi connectivity index (χ4n) is 1.20. The third-order valence-corrected chi connectivity index (χ3v) is 2.58. The third-order valence-electron chi connectivity index (χ3n) is 2.27. The number of para-hydroxylation sites is 1. The molecule has 0 spiro atoms. The van der Waals surface area contributed by atoms with Gasteiger partial charge >= 0.3 is 5.97 Å². The van der Waals surface area contributed by atoms with Crippen molar-refractivity contribution in [1.82, 2.24) is 10.6 Å². The van der Waals surface area contributed by atoms with Crippen LogP contribution in [-0.4, -0.2) is 44.6 Å². The summed E-state index contributed by atoms with van der Waals surface area (Å²) < 4.78 is 9.82. The lowest BCUT2D eigenvalue weighted by atomic mass is 10.3. The van der Waals surface area contributed by atoms with Gasteiger partial charge in [0.25, 0.3) is 5.91 Å².